The summed E-state index contributed by atoms with van der Waals surface area (Å²) in [5, 5.41) is 0.515. The van der Waals surface area contributed by atoms with Crippen LogP contribution in [0.2, 0.25) is 10.0 Å². The molecular weight excluding hydrogens is 309 g/mol. The number of anilines is 1. The Morgan fingerprint density at radius 1 is 1.14 bits per heavy atom. The number of hydrogen-bond acceptors (Lipinski definition) is 3. The highest BCUT2D eigenvalue weighted by Gasteiger charge is 2.17. The lowest BCUT2D eigenvalue weighted by molar-refractivity contribution is 0.103. The normalized spacial score (nSPS) is 10.7. The van der Waals surface area contributed by atoms with Crippen LogP contribution in [-0.2, 0) is 0 Å². The summed E-state index contributed by atoms with van der Waals surface area (Å²) in [6, 6.07) is 10.1. The van der Waals surface area contributed by atoms with E-state index in [-0.39, 0.29) is 27.6 Å². The number of para-hydroxylation sites is 1. The third-order valence-electron chi connectivity index (χ3n) is 2.84. The van der Waals surface area contributed by atoms with Crippen molar-refractivity contribution in [1.29, 1.82) is 0 Å². The largest absolute Gasteiger partial charge is 0.490 e. The molecule has 5 heteroatoms. The van der Waals surface area contributed by atoms with Crippen molar-refractivity contribution in [1.82, 2.24) is 0 Å². The molecule has 0 aliphatic carbocycles. The Kier molecular flexibility index (Phi) is 4.76. The highest BCUT2D eigenvalue weighted by molar-refractivity contribution is 6.39. The van der Waals surface area contributed by atoms with Crippen molar-refractivity contribution in [2.24, 2.45) is 0 Å². The predicted octanol–water partition coefficient (Wildman–Crippen LogP) is 4.59. The molecule has 0 atom stereocenters. The van der Waals surface area contributed by atoms with E-state index in [9.17, 15) is 4.79 Å². The number of carbonyl (C=O) groups excluding carboxylic acids is 1. The molecule has 0 saturated heterocycles. The molecule has 0 heterocycles. The number of ether oxygens (including phenoxy) is 1. The highest BCUT2D eigenvalue weighted by Crippen LogP contribution is 2.31. The van der Waals surface area contributed by atoms with Crippen molar-refractivity contribution in [2.75, 3.05) is 5.73 Å². The van der Waals surface area contributed by atoms with Crippen molar-refractivity contribution in [2.45, 2.75) is 20.0 Å². The predicted molar refractivity (Wildman–Crippen MR) is 86.5 cm³/mol. The second kappa shape index (κ2) is 6.37. The van der Waals surface area contributed by atoms with Gasteiger partial charge in [-0.3, -0.25) is 4.79 Å². The Bertz CT molecular complexity index is 661. The monoisotopic (exact) mass is 323 g/mol. The van der Waals surface area contributed by atoms with Gasteiger partial charge in [-0.2, -0.15) is 0 Å². The molecule has 0 aromatic heterocycles. The number of benzene rings is 2. The van der Waals surface area contributed by atoms with Gasteiger partial charge in [-0.05, 0) is 38.1 Å². The van der Waals surface area contributed by atoms with Crippen LogP contribution in [0.3, 0.4) is 0 Å². The van der Waals surface area contributed by atoms with Gasteiger partial charge in [0, 0.05) is 5.56 Å². The van der Waals surface area contributed by atoms with E-state index in [0.29, 0.717) is 16.9 Å². The fourth-order valence-corrected chi connectivity index (χ4v) is 2.37. The fourth-order valence-electron chi connectivity index (χ4n) is 1.88. The highest BCUT2D eigenvalue weighted by atomic mass is 35.5. The third kappa shape index (κ3) is 3.49. The van der Waals surface area contributed by atoms with Gasteiger partial charge in [0.25, 0.3) is 0 Å². The zero-order chi connectivity index (χ0) is 15.6. The second-order valence-corrected chi connectivity index (χ2v) is 5.66. The van der Waals surface area contributed by atoms with E-state index in [1.165, 1.54) is 12.1 Å². The summed E-state index contributed by atoms with van der Waals surface area (Å²) in [6.07, 6.45) is -0.0301. The van der Waals surface area contributed by atoms with Gasteiger partial charge in [0.15, 0.2) is 5.78 Å². The van der Waals surface area contributed by atoms with Gasteiger partial charge in [0.1, 0.15) is 5.75 Å². The standard InChI is InChI=1S/C16H15Cl2NO2/c1-9(2)21-14-6-4-3-5-11(14)16(20)10-7-12(17)15(19)13(18)8-10/h3-9H,19H2,1-2H3. The summed E-state index contributed by atoms with van der Waals surface area (Å²) in [5.41, 5.74) is 6.79. The smallest absolute Gasteiger partial charge is 0.196 e. The Hall–Kier alpha value is -1.71. The van der Waals surface area contributed by atoms with Gasteiger partial charge in [-0.25, -0.2) is 0 Å². The Morgan fingerprint density at radius 3 is 2.29 bits per heavy atom. The minimum absolute atomic E-state index is 0.0301. The number of carbonyl (C=O) groups is 1. The van der Waals surface area contributed by atoms with Crippen LogP contribution in [0.25, 0.3) is 0 Å². The molecule has 2 aromatic carbocycles. The molecule has 2 N–H and O–H groups in total. The molecule has 0 saturated carbocycles. The van der Waals surface area contributed by atoms with Crippen LogP contribution in [-0.4, -0.2) is 11.9 Å². The first-order valence-electron chi connectivity index (χ1n) is 6.45. The van der Waals surface area contributed by atoms with Gasteiger partial charge < -0.3 is 10.5 Å². The van der Waals surface area contributed by atoms with E-state index in [1.807, 2.05) is 19.9 Å². The molecule has 110 valence electrons. The van der Waals surface area contributed by atoms with E-state index < -0.39 is 0 Å². The number of halogens is 2. The van der Waals surface area contributed by atoms with E-state index in [4.69, 9.17) is 33.7 Å². The van der Waals surface area contributed by atoms with Gasteiger partial charge >= 0.3 is 0 Å². The molecule has 0 radical (unpaired) electrons. The SMILES string of the molecule is CC(C)Oc1ccccc1C(=O)c1cc(Cl)c(N)c(Cl)c1. The molecule has 21 heavy (non-hydrogen) atoms. The minimum Gasteiger partial charge on any atom is -0.490 e. The van der Waals surface area contributed by atoms with Crippen LogP contribution in [0.5, 0.6) is 5.75 Å². The van der Waals surface area contributed by atoms with Gasteiger partial charge in [-0.1, -0.05) is 35.3 Å². The molecule has 3 nitrogen and oxygen atoms in total. The number of hydrogen-bond donors (Lipinski definition) is 1. The quantitative estimate of drug-likeness (QED) is 0.661. The summed E-state index contributed by atoms with van der Waals surface area (Å²) in [5.74, 6) is 0.316. The molecule has 2 aromatic rings. The Morgan fingerprint density at radius 2 is 1.71 bits per heavy atom. The zero-order valence-electron chi connectivity index (χ0n) is 11.7. The molecule has 0 aliphatic rings. The van der Waals surface area contributed by atoms with Gasteiger partial charge in [0.2, 0.25) is 0 Å². The maximum atomic E-state index is 12.6. The third-order valence-corrected chi connectivity index (χ3v) is 3.46. The number of nitrogen functional groups attached to an aromatic ring is 1. The lowest BCUT2D eigenvalue weighted by atomic mass is 10.0. The molecule has 0 fully saturated rings. The van der Waals surface area contributed by atoms with Crippen molar-refractivity contribution in [3.05, 3.63) is 57.6 Å². The maximum Gasteiger partial charge on any atom is 0.196 e. The molecule has 0 bridgehead atoms. The summed E-state index contributed by atoms with van der Waals surface area (Å²) < 4.78 is 5.66. The van der Waals surface area contributed by atoms with E-state index >= 15 is 0 Å². The van der Waals surface area contributed by atoms with Crippen molar-refractivity contribution >= 4 is 34.7 Å². The topological polar surface area (TPSA) is 52.3 Å². The second-order valence-electron chi connectivity index (χ2n) is 4.85. The van der Waals surface area contributed by atoms with Crippen molar-refractivity contribution < 1.29 is 9.53 Å². The first-order chi connectivity index (χ1) is 9.90. The summed E-state index contributed by atoms with van der Waals surface area (Å²) in [7, 11) is 0. The first-order valence-corrected chi connectivity index (χ1v) is 7.20. The van der Waals surface area contributed by atoms with Crippen LogP contribution in [0.15, 0.2) is 36.4 Å². The molecule has 0 amide bonds. The molecular formula is C16H15Cl2NO2. The van der Waals surface area contributed by atoms with Gasteiger partial charge in [0.05, 0.1) is 27.4 Å². The summed E-state index contributed by atoms with van der Waals surface area (Å²) >= 11 is 12.0. The first kappa shape index (κ1) is 15.7. The number of ketones is 1. The molecule has 0 aliphatic heterocycles. The van der Waals surface area contributed by atoms with Crippen LogP contribution in [0.1, 0.15) is 29.8 Å². The maximum absolute atomic E-state index is 12.6. The zero-order valence-corrected chi connectivity index (χ0v) is 13.2. The average Bonchev–Trinajstić information content (AvgIpc) is 2.43. The van der Waals surface area contributed by atoms with Crippen LogP contribution >= 0.6 is 23.2 Å². The van der Waals surface area contributed by atoms with E-state index in [2.05, 4.69) is 0 Å². The van der Waals surface area contributed by atoms with E-state index in [1.54, 1.807) is 18.2 Å². The lowest BCUT2D eigenvalue weighted by Gasteiger charge is -2.14. The van der Waals surface area contributed by atoms with Crippen LogP contribution in [0, 0.1) is 0 Å². The molecule has 0 spiro atoms. The van der Waals surface area contributed by atoms with Crippen LogP contribution < -0.4 is 10.5 Å². The van der Waals surface area contributed by atoms with Gasteiger partial charge in [-0.15, -0.1) is 0 Å². The molecule has 2 rings (SSSR count). The molecule has 0 unspecified atom stereocenters. The number of nitrogens with two attached hydrogens (primary N) is 1. The van der Waals surface area contributed by atoms with Crippen molar-refractivity contribution in [3.8, 4) is 5.75 Å². The summed E-state index contributed by atoms with van der Waals surface area (Å²) in [6.45, 7) is 3.80. The average molecular weight is 324 g/mol. The lowest BCUT2D eigenvalue weighted by Crippen LogP contribution is -2.11. The fraction of sp³-hybridized carbons (Fsp3) is 0.188. The van der Waals surface area contributed by atoms with E-state index in [0.717, 1.165) is 0 Å². The minimum atomic E-state index is -0.213. The van der Waals surface area contributed by atoms with Crippen molar-refractivity contribution in [3.63, 3.8) is 0 Å². The Labute approximate surface area is 133 Å². The summed E-state index contributed by atoms with van der Waals surface area (Å²) in [4.78, 5) is 12.6. The number of rotatable bonds is 4. The van der Waals surface area contributed by atoms with Crippen LogP contribution in [0.4, 0.5) is 5.69 Å². The Balaban J connectivity index is 2.45.